The first kappa shape index (κ1) is 17.3. The summed E-state index contributed by atoms with van der Waals surface area (Å²) in [6.45, 7) is 1.62. The molecule has 0 amide bonds. The molecule has 0 saturated heterocycles. The van der Waals surface area contributed by atoms with Gasteiger partial charge < -0.3 is 14.6 Å². The predicted molar refractivity (Wildman–Crippen MR) is 89.6 cm³/mol. The molecule has 2 heterocycles. The number of aromatic nitrogens is 4. The number of aliphatic hydroxyl groups excluding tert-OH is 1. The van der Waals surface area contributed by atoms with Crippen molar-refractivity contribution in [2.45, 2.75) is 24.3 Å². The van der Waals surface area contributed by atoms with Gasteiger partial charge in [-0.1, -0.05) is 16.9 Å². The maximum atomic E-state index is 12.9. The molecule has 2 aromatic heterocycles. The molecule has 0 aliphatic heterocycles. The van der Waals surface area contributed by atoms with Gasteiger partial charge in [0.15, 0.2) is 5.16 Å². The van der Waals surface area contributed by atoms with Crippen molar-refractivity contribution in [1.82, 2.24) is 20.1 Å². The van der Waals surface area contributed by atoms with Crippen LogP contribution in [0.15, 0.2) is 38.7 Å². The van der Waals surface area contributed by atoms with Crippen LogP contribution in [0.2, 0.25) is 0 Å². The highest BCUT2D eigenvalue weighted by atomic mass is 32.2. The second-order valence-electron chi connectivity index (χ2n) is 5.22. The second kappa shape index (κ2) is 7.58. The van der Waals surface area contributed by atoms with Crippen molar-refractivity contribution in [3.63, 3.8) is 0 Å². The van der Waals surface area contributed by atoms with E-state index >= 15 is 0 Å². The van der Waals surface area contributed by atoms with Crippen LogP contribution in [0.1, 0.15) is 17.1 Å². The van der Waals surface area contributed by atoms with Crippen molar-refractivity contribution >= 4 is 11.8 Å². The largest absolute Gasteiger partial charge is 0.396 e. The number of nitrogens with zero attached hydrogens (tertiary/aromatic N) is 3. The zero-order valence-electron chi connectivity index (χ0n) is 13.3. The lowest BCUT2D eigenvalue weighted by Crippen LogP contribution is -2.18. The zero-order valence-corrected chi connectivity index (χ0v) is 14.1. The third-order valence-corrected chi connectivity index (χ3v) is 4.32. The summed E-state index contributed by atoms with van der Waals surface area (Å²) in [7, 11) is 0. The molecule has 0 radical (unpaired) electrons. The fourth-order valence-corrected chi connectivity index (χ4v) is 2.96. The molecule has 0 bridgehead atoms. The van der Waals surface area contributed by atoms with Gasteiger partial charge in [-0.15, -0.1) is 0 Å². The molecule has 0 aliphatic rings. The molecule has 25 heavy (non-hydrogen) atoms. The van der Waals surface area contributed by atoms with Crippen LogP contribution in [0.25, 0.3) is 11.4 Å². The van der Waals surface area contributed by atoms with Crippen LogP contribution in [-0.2, 0) is 12.2 Å². The third-order valence-electron chi connectivity index (χ3n) is 3.47. The van der Waals surface area contributed by atoms with Crippen LogP contribution < -0.4 is 5.56 Å². The van der Waals surface area contributed by atoms with E-state index in [1.54, 1.807) is 19.1 Å². The van der Waals surface area contributed by atoms with Crippen LogP contribution in [0, 0.1) is 12.7 Å². The molecule has 0 spiro atoms. The molecule has 2 N–H and O–H groups in total. The van der Waals surface area contributed by atoms with E-state index in [1.165, 1.54) is 23.9 Å². The number of aryl methyl sites for hydroxylation is 1. The number of nitrogens with one attached hydrogen (secondary N) is 1. The fourth-order valence-electron chi connectivity index (χ4n) is 2.22. The zero-order chi connectivity index (χ0) is 17.8. The molecule has 0 saturated carbocycles. The van der Waals surface area contributed by atoms with E-state index in [-0.39, 0.29) is 24.4 Å². The SMILES string of the molecule is Cc1nc(SCc2nc(-c3ccc(F)cc3)no2)[nH]c(=O)c1CCO. The van der Waals surface area contributed by atoms with Crippen LogP contribution in [0.5, 0.6) is 0 Å². The maximum absolute atomic E-state index is 12.9. The van der Waals surface area contributed by atoms with Crippen LogP contribution in [-0.4, -0.2) is 31.8 Å². The van der Waals surface area contributed by atoms with E-state index in [9.17, 15) is 9.18 Å². The Morgan fingerprint density at radius 1 is 1.28 bits per heavy atom. The Morgan fingerprint density at radius 3 is 2.72 bits per heavy atom. The van der Waals surface area contributed by atoms with Gasteiger partial charge in [-0.3, -0.25) is 4.79 Å². The van der Waals surface area contributed by atoms with Gasteiger partial charge in [0.25, 0.3) is 5.56 Å². The molecule has 1 aromatic carbocycles. The van der Waals surface area contributed by atoms with Crippen LogP contribution in [0.3, 0.4) is 0 Å². The Hall–Kier alpha value is -2.52. The number of H-pyrrole nitrogens is 1. The summed E-state index contributed by atoms with van der Waals surface area (Å²) >= 11 is 1.25. The van der Waals surface area contributed by atoms with E-state index in [1.807, 2.05) is 0 Å². The normalized spacial score (nSPS) is 11.0. The lowest BCUT2D eigenvalue weighted by Gasteiger charge is -2.04. The van der Waals surface area contributed by atoms with Gasteiger partial charge in [0.2, 0.25) is 11.7 Å². The van der Waals surface area contributed by atoms with E-state index in [4.69, 9.17) is 9.63 Å². The number of hydrogen-bond acceptors (Lipinski definition) is 7. The number of thioether (sulfide) groups is 1. The van der Waals surface area contributed by atoms with E-state index in [0.717, 1.165) is 0 Å². The number of rotatable bonds is 6. The van der Waals surface area contributed by atoms with Crippen molar-refractivity contribution in [3.05, 3.63) is 57.6 Å². The molecular formula is C16H15FN4O3S. The molecular weight excluding hydrogens is 347 g/mol. The van der Waals surface area contributed by atoms with Crippen molar-refractivity contribution in [3.8, 4) is 11.4 Å². The van der Waals surface area contributed by atoms with Crippen LogP contribution in [0.4, 0.5) is 4.39 Å². The monoisotopic (exact) mass is 362 g/mol. The standard InChI is InChI=1S/C16H15FN4O3S/c1-9-12(6-7-22)15(23)20-16(18-9)25-8-13-19-14(21-24-13)10-2-4-11(17)5-3-10/h2-5,22H,6-8H2,1H3,(H,18,20,23). The Kier molecular flexibility index (Phi) is 5.25. The van der Waals surface area contributed by atoms with Crippen molar-refractivity contribution in [1.29, 1.82) is 0 Å². The van der Waals surface area contributed by atoms with Gasteiger partial charge in [-0.25, -0.2) is 9.37 Å². The number of aromatic amines is 1. The maximum Gasteiger partial charge on any atom is 0.255 e. The van der Waals surface area contributed by atoms with Gasteiger partial charge in [0.1, 0.15) is 5.82 Å². The van der Waals surface area contributed by atoms with Gasteiger partial charge in [0, 0.05) is 29.8 Å². The van der Waals surface area contributed by atoms with E-state index < -0.39 is 0 Å². The Balaban J connectivity index is 1.70. The molecule has 0 unspecified atom stereocenters. The van der Waals surface area contributed by atoms with Crippen molar-refractivity contribution < 1.29 is 14.0 Å². The first-order chi connectivity index (χ1) is 12.1. The predicted octanol–water partition coefficient (Wildman–Crippen LogP) is 2.09. The Morgan fingerprint density at radius 2 is 2.04 bits per heavy atom. The minimum Gasteiger partial charge on any atom is -0.396 e. The molecule has 0 atom stereocenters. The molecule has 7 nitrogen and oxygen atoms in total. The highest BCUT2D eigenvalue weighted by Crippen LogP contribution is 2.21. The van der Waals surface area contributed by atoms with E-state index in [2.05, 4.69) is 20.1 Å². The summed E-state index contributed by atoms with van der Waals surface area (Å²) in [6, 6.07) is 5.79. The van der Waals surface area contributed by atoms with Crippen molar-refractivity contribution in [2.75, 3.05) is 6.61 Å². The lowest BCUT2D eigenvalue weighted by atomic mass is 10.2. The first-order valence-corrected chi connectivity index (χ1v) is 8.47. The summed E-state index contributed by atoms with van der Waals surface area (Å²) < 4.78 is 18.1. The minimum absolute atomic E-state index is 0.105. The average Bonchev–Trinajstić information content (AvgIpc) is 3.06. The summed E-state index contributed by atoms with van der Waals surface area (Å²) in [5, 5.41) is 13.3. The summed E-state index contributed by atoms with van der Waals surface area (Å²) in [5.74, 6) is 0.726. The molecule has 9 heteroatoms. The first-order valence-electron chi connectivity index (χ1n) is 7.49. The van der Waals surface area contributed by atoms with Crippen molar-refractivity contribution in [2.24, 2.45) is 0 Å². The number of benzene rings is 1. The number of hydrogen-bond donors (Lipinski definition) is 2. The molecule has 3 rings (SSSR count). The summed E-state index contributed by atoms with van der Waals surface area (Å²) in [6.07, 6.45) is 0.268. The molecule has 3 aromatic rings. The quantitative estimate of drug-likeness (QED) is 0.511. The number of aliphatic hydroxyl groups is 1. The third kappa shape index (κ3) is 4.12. The van der Waals surface area contributed by atoms with Gasteiger partial charge >= 0.3 is 0 Å². The summed E-state index contributed by atoms with van der Waals surface area (Å²) in [5.41, 5.74) is 1.44. The Labute approximate surface area is 146 Å². The molecule has 0 aliphatic carbocycles. The Bertz CT molecular complexity index is 924. The van der Waals surface area contributed by atoms with Gasteiger partial charge in [0.05, 0.1) is 5.75 Å². The molecule has 130 valence electrons. The fraction of sp³-hybridized carbons (Fsp3) is 0.250. The second-order valence-corrected chi connectivity index (χ2v) is 6.18. The smallest absolute Gasteiger partial charge is 0.255 e. The van der Waals surface area contributed by atoms with Gasteiger partial charge in [-0.05, 0) is 31.2 Å². The highest BCUT2D eigenvalue weighted by Gasteiger charge is 2.12. The number of halogens is 1. The lowest BCUT2D eigenvalue weighted by molar-refractivity contribution is 0.298. The van der Waals surface area contributed by atoms with Gasteiger partial charge in [-0.2, -0.15) is 4.98 Å². The summed E-state index contributed by atoms with van der Waals surface area (Å²) in [4.78, 5) is 23.2. The topological polar surface area (TPSA) is 105 Å². The van der Waals surface area contributed by atoms with Crippen LogP contribution >= 0.6 is 11.8 Å². The highest BCUT2D eigenvalue weighted by molar-refractivity contribution is 7.98. The van der Waals surface area contributed by atoms with E-state index in [0.29, 0.717) is 39.4 Å². The minimum atomic E-state index is -0.335. The average molecular weight is 362 g/mol. The molecule has 0 fully saturated rings.